The van der Waals surface area contributed by atoms with Crippen LogP contribution in [0.25, 0.3) is 0 Å². The van der Waals surface area contributed by atoms with Crippen LogP contribution in [0.4, 0.5) is 0 Å². The van der Waals surface area contributed by atoms with Crippen molar-refractivity contribution < 1.29 is 14.4 Å². The first-order valence-corrected chi connectivity index (χ1v) is 17.5. The Labute approximate surface area is 283 Å². The molecule has 0 fully saturated rings. The molecule has 0 aliphatic carbocycles. The van der Waals surface area contributed by atoms with Gasteiger partial charge in [-0.1, -0.05) is 20.3 Å². The van der Waals surface area contributed by atoms with Crippen molar-refractivity contribution in [1.82, 2.24) is 21.3 Å². The molecule has 14 heteroatoms. The monoisotopic (exact) mass is 698 g/mol. The van der Waals surface area contributed by atoms with Crippen molar-refractivity contribution in [3.8, 4) is 0 Å². The SMILES string of the molecule is CCC(=O)[C@@H](CS)NC(=O)[C@@H](CS)CC(=O)[C@@H](CS)NC.CCC[C@@H](CS)NC[C@@H](CS)CC[C@@H](CS)NC.Cl. The first kappa shape index (κ1) is 45.5. The van der Waals surface area contributed by atoms with Gasteiger partial charge in [0.25, 0.3) is 0 Å². The number of rotatable bonds is 23. The summed E-state index contributed by atoms with van der Waals surface area (Å²) in [6.45, 7) is 5.00. The third kappa shape index (κ3) is 20.9. The van der Waals surface area contributed by atoms with E-state index >= 15 is 0 Å². The van der Waals surface area contributed by atoms with Gasteiger partial charge in [-0.25, -0.2) is 0 Å². The van der Waals surface area contributed by atoms with Gasteiger partial charge in [0.05, 0.1) is 18.0 Å². The number of carbonyl (C=O) groups is 3. The fourth-order valence-electron chi connectivity index (χ4n) is 3.70. The van der Waals surface area contributed by atoms with Gasteiger partial charge in [-0.2, -0.15) is 75.8 Å². The maximum atomic E-state index is 12.2. The Balaban J connectivity index is -0.000000675. The lowest BCUT2D eigenvalue weighted by molar-refractivity contribution is -0.131. The minimum absolute atomic E-state index is 0. The van der Waals surface area contributed by atoms with Crippen LogP contribution >= 0.6 is 88.2 Å². The van der Waals surface area contributed by atoms with Crippen LogP contribution in [0.5, 0.6) is 0 Å². The van der Waals surface area contributed by atoms with Crippen molar-refractivity contribution in [2.75, 3.05) is 55.2 Å². The van der Waals surface area contributed by atoms with E-state index in [9.17, 15) is 14.4 Å². The van der Waals surface area contributed by atoms with E-state index in [0.29, 0.717) is 30.2 Å². The number of likely N-dealkylation sites (N-methyl/N-ethyl adjacent to an activating group) is 1. The van der Waals surface area contributed by atoms with Gasteiger partial charge >= 0.3 is 0 Å². The average Bonchev–Trinajstić information content (AvgIpc) is 2.96. The molecule has 0 aromatic rings. The van der Waals surface area contributed by atoms with Gasteiger partial charge in [-0.3, -0.25) is 14.4 Å². The van der Waals surface area contributed by atoms with E-state index in [0.717, 1.165) is 23.8 Å². The van der Waals surface area contributed by atoms with E-state index < -0.39 is 12.0 Å². The number of amides is 1. The summed E-state index contributed by atoms with van der Waals surface area (Å²) in [6.07, 6.45) is 5.20. The summed E-state index contributed by atoms with van der Waals surface area (Å²) in [7, 11) is 3.68. The number of ketones is 2. The Morgan fingerprint density at radius 3 is 1.68 bits per heavy atom. The van der Waals surface area contributed by atoms with Crippen molar-refractivity contribution in [3.63, 3.8) is 0 Å². The van der Waals surface area contributed by atoms with E-state index in [-0.39, 0.29) is 53.8 Å². The van der Waals surface area contributed by atoms with Crippen molar-refractivity contribution in [1.29, 1.82) is 0 Å². The van der Waals surface area contributed by atoms with Gasteiger partial charge in [0.2, 0.25) is 5.91 Å². The van der Waals surface area contributed by atoms with Crippen LogP contribution in [0.2, 0.25) is 0 Å². The summed E-state index contributed by atoms with van der Waals surface area (Å²) in [6, 6.07) is 0.0625. The lowest BCUT2D eigenvalue weighted by Gasteiger charge is -2.22. The molecule has 4 N–H and O–H groups in total. The number of halogens is 1. The topological polar surface area (TPSA) is 99.3 Å². The predicted molar refractivity (Wildman–Crippen MR) is 196 cm³/mol. The molecule has 0 radical (unpaired) electrons. The number of hydrogen-bond donors (Lipinski definition) is 10. The van der Waals surface area contributed by atoms with Crippen molar-refractivity contribution in [3.05, 3.63) is 0 Å². The van der Waals surface area contributed by atoms with Gasteiger partial charge in [-0.05, 0) is 51.6 Å². The molecular formula is C26H55ClN4O3S6. The van der Waals surface area contributed by atoms with E-state index in [1.165, 1.54) is 25.7 Å². The zero-order chi connectivity index (χ0) is 30.2. The van der Waals surface area contributed by atoms with Crippen molar-refractivity contribution >= 4 is 106 Å². The van der Waals surface area contributed by atoms with Gasteiger partial charge in [0.15, 0.2) is 11.6 Å². The number of Topliss-reactive ketones (excluding diaryl/α,β-unsaturated/α-hetero) is 2. The van der Waals surface area contributed by atoms with Gasteiger partial charge in [-0.15, -0.1) is 12.4 Å². The van der Waals surface area contributed by atoms with Crippen molar-refractivity contribution in [2.45, 2.75) is 76.5 Å². The molecule has 0 bridgehead atoms. The van der Waals surface area contributed by atoms with Crippen molar-refractivity contribution in [2.24, 2.45) is 11.8 Å². The molecule has 0 saturated carbocycles. The summed E-state index contributed by atoms with van der Waals surface area (Å²) in [4.78, 5) is 35.8. The van der Waals surface area contributed by atoms with E-state index in [2.05, 4.69) is 104 Å². The number of thiol groups is 6. The first-order valence-electron chi connectivity index (χ1n) is 13.7. The highest BCUT2D eigenvalue weighted by atomic mass is 35.5. The van der Waals surface area contributed by atoms with Crippen LogP contribution in [0.15, 0.2) is 0 Å². The molecular weight excluding hydrogens is 644 g/mol. The maximum absolute atomic E-state index is 12.2. The minimum atomic E-state index is -0.617. The molecule has 0 saturated heterocycles. The summed E-state index contributed by atoms with van der Waals surface area (Å²) < 4.78 is 0. The number of nitrogens with one attached hydrogen (secondary N) is 4. The van der Waals surface area contributed by atoms with Crippen LogP contribution in [-0.4, -0.2) is 96.8 Å². The Morgan fingerprint density at radius 1 is 0.675 bits per heavy atom. The molecule has 0 aliphatic rings. The highest BCUT2D eigenvalue weighted by Crippen LogP contribution is 2.12. The lowest BCUT2D eigenvalue weighted by atomic mass is 9.99. The molecule has 0 spiro atoms. The largest absolute Gasteiger partial charge is 0.345 e. The third-order valence-electron chi connectivity index (χ3n) is 6.56. The molecule has 40 heavy (non-hydrogen) atoms. The zero-order valence-electron chi connectivity index (χ0n) is 24.5. The van der Waals surface area contributed by atoms with E-state index in [1.807, 2.05) is 7.05 Å². The zero-order valence-corrected chi connectivity index (χ0v) is 30.7. The smallest absolute Gasteiger partial charge is 0.224 e. The highest BCUT2D eigenvalue weighted by molar-refractivity contribution is 7.81. The second kappa shape index (κ2) is 30.1. The molecule has 240 valence electrons. The standard InChI is InChI=1S/C13H24N2O3S3.C13H30N2S3.ClH/c1-3-11(16)10(7-21)15-13(18)8(5-19)4-12(17)9(6-20)14-2;1-3-4-13(10-18)15-7-11(8-16)5-6-12(9-17)14-2;/h8-10,14,19-21H,3-7H2,1-2H3,(H,15,18);11-18H,3-10H2,1-2H3;1H/t8-,9-,10-;11-,12-,13-;/m10./s1. The second-order valence-electron chi connectivity index (χ2n) is 9.51. The average molecular weight is 700 g/mol. The molecule has 0 heterocycles. The van der Waals surface area contributed by atoms with E-state index in [4.69, 9.17) is 0 Å². The fourth-order valence-corrected chi connectivity index (χ4v) is 5.67. The lowest BCUT2D eigenvalue weighted by Crippen LogP contribution is -2.46. The Kier molecular flexibility index (Phi) is 34.3. The summed E-state index contributed by atoms with van der Waals surface area (Å²) in [5, 5.41) is 12.4. The van der Waals surface area contributed by atoms with Gasteiger partial charge < -0.3 is 21.3 Å². The normalized spacial score (nSPS) is 15.3. The molecule has 0 aromatic carbocycles. The Morgan fingerprint density at radius 2 is 1.27 bits per heavy atom. The molecule has 0 aliphatic heterocycles. The van der Waals surface area contributed by atoms with Crippen LogP contribution in [-0.2, 0) is 14.4 Å². The highest BCUT2D eigenvalue weighted by Gasteiger charge is 2.27. The molecule has 0 unspecified atom stereocenters. The minimum Gasteiger partial charge on any atom is -0.345 e. The first-order chi connectivity index (χ1) is 18.7. The Bertz CT molecular complexity index is 650. The predicted octanol–water partition coefficient (Wildman–Crippen LogP) is 3.34. The molecule has 0 aromatic heterocycles. The summed E-state index contributed by atoms with van der Waals surface area (Å²) >= 11 is 25.5. The molecule has 6 atom stereocenters. The second-order valence-corrected chi connectivity index (χ2v) is 11.7. The van der Waals surface area contributed by atoms with Gasteiger partial charge in [0.1, 0.15) is 0 Å². The maximum Gasteiger partial charge on any atom is 0.224 e. The van der Waals surface area contributed by atoms with Gasteiger partial charge in [0, 0.05) is 53.7 Å². The molecule has 7 nitrogen and oxygen atoms in total. The quantitative estimate of drug-likeness (QED) is 0.0753. The summed E-state index contributed by atoms with van der Waals surface area (Å²) in [5.41, 5.74) is 0. The number of hydrogen-bond acceptors (Lipinski definition) is 12. The third-order valence-corrected chi connectivity index (χ3v) is 9.13. The van der Waals surface area contributed by atoms with Crippen LogP contribution in [0.1, 0.15) is 52.4 Å². The summed E-state index contributed by atoms with van der Waals surface area (Å²) in [5.74, 6) is 3.17. The molecule has 0 rings (SSSR count). The van der Waals surface area contributed by atoms with Crippen LogP contribution < -0.4 is 21.3 Å². The number of carbonyl (C=O) groups excluding carboxylic acids is 3. The van der Waals surface area contributed by atoms with Crippen LogP contribution in [0.3, 0.4) is 0 Å². The van der Waals surface area contributed by atoms with Crippen LogP contribution in [0, 0.1) is 11.8 Å². The fraction of sp³-hybridized carbons (Fsp3) is 0.885. The van der Waals surface area contributed by atoms with E-state index in [1.54, 1.807) is 14.0 Å². The molecule has 1 amide bonds. The Hall–Kier alpha value is 1.08.